The van der Waals surface area contributed by atoms with Gasteiger partial charge < -0.3 is 19.1 Å². The number of esters is 1. The maximum atomic E-state index is 13.6. The zero-order valence-corrected chi connectivity index (χ0v) is 19.2. The number of ether oxygens (including phenoxy) is 1. The van der Waals surface area contributed by atoms with E-state index in [-0.39, 0.29) is 17.9 Å². The van der Waals surface area contributed by atoms with Gasteiger partial charge in [-0.15, -0.1) is 0 Å². The van der Waals surface area contributed by atoms with Gasteiger partial charge in [-0.25, -0.2) is 9.78 Å². The van der Waals surface area contributed by atoms with Crippen LogP contribution in [0, 0.1) is 0 Å². The highest BCUT2D eigenvalue weighted by molar-refractivity contribution is 6.27. The van der Waals surface area contributed by atoms with E-state index in [9.17, 15) is 14.7 Å². The molecule has 1 N–H and O–H groups in total. The van der Waals surface area contributed by atoms with Crippen LogP contribution < -0.4 is 5.56 Å². The van der Waals surface area contributed by atoms with Crippen LogP contribution in [0.5, 0.6) is 5.75 Å². The summed E-state index contributed by atoms with van der Waals surface area (Å²) in [5.74, 6) is -0.248. The summed E-state index contributed by atoms with van der Waals surface area (Å²) in [5, 5.41) is 10.9. The van der Waals surface area contributed by atoms with Crippen molar-refractivity contribution in [1.82, 2.24) is 9.55 Å². The van der Waals surface area contributed by atoms with Crippen molar-refractivity contribution in [2.75, 3.05) is 0 Å². The highest BCUT2D eigenvalue weighted by Gasteiger charge is 2.47. The molecule has 0 radical (unpaired) electrons. The smallest absolute Gasteiger partial charge is 0.342 e. The summed E-state index contributed by atoms with van der Waals surface area (Å²) < 4.78 is 13.3. The van der Waals surface area contributed by atoms with E-state index in [1.165, 1.54) is 0 Å². The van der Waals surface area contributed by atoms with Crippen molar-refractivity contribution < 1.29 is 19.3 Å². The minimum atomic E-state index is -1.28. The molecule has 0 aliphatic carbocycles. The predicted octanol–water partition coefficient (Wildman–Crippen LogP) is 3.55. The van der Waals surface area contributed by atoms with E-state index < -0.39 is 11.6 Å². The third-order valence-corrected chi connectivity index (χ3v) is 6.96. The minimum absolute atomic E-state index is 0.0492. The molecule has 1 aromatic carbocycles. The van der Waals surface area contributed by atoms with Gasteiger partial charge in [0.05, 0.1) is 29.0 Å². The summed E-state index contributed by atoms with van der Waals surface area (Å²) in [5.41, 5.74) is 3.90. The summed E-state index contributed by atoms with van der Waals surface area (Å²) in [7, 11) is 0.417. The van der Waals surface area contributed by atoms with E-state index in [0.717, 1.165) is 46.9 Å². The van der Waals surface area contributed by atoms with Crippen LogP contribution in [0.2, 0.25) is 6.32 Å². The molecule has 1 atom stereocenters. The van der Waals surface area contributed by atoms with Gasteiger partial charge in [0.15, 0.2) is 5.60 Å². The second-order valence-electron chi connectivity index (χ2n) is 8.74. The number of benzene rings is 1. The molecule has 3 aromatic rings. The Bertz CT molecular complexity index is 1350. The zero-order chi connectivity index (χ0) is 23.3. The van der Waals surface area contributed by atoms with Gasteiger partial charge in [-0.1, -0.05) is 33.5 Å². The average Bonchev–Trinajstić information content (AvgIpc) is 3.18. The maximum Gasteiger partial charge on any atom is 0.342 e. The molecule has 0 spiro atoms. The molecule has 2 aliphatic heterocycles. The van der Waals surface area contributed by atoms with Crippen LogP contribution in [0.25, 0.3) is 22.3 Å². The molecule has 0 saturated carbocycles. The fourth-order valence-corrected chi connectivity index (χ4v) is 5.17. The quantitative estimate of drug-likeness (QED) is 0.277. The maximum absolute atomic E-state index is 13.6. The molecule has 0 bridgehead atoms. The van der Waals surface area contributed by atoms with E-state index in [1.807, 2.05) is 13.0 Å². The number of phenolic OH excluding ortho intramolecular Hbond substituents is 1. The van der Waals surface area contributed by atoms with Crippen molar-refractivity contribution in [3.05, 3.63) is 56.9 Å². The van der Waals surface area contributed by atoms with Crippen molar-refractivity contribution in [2.45, 2.75) is 65.1 Å². The third-order valence-electron chi connectivity index (χ3n) is 6.96. The topological polar surface area (TPSA) is 90.7 Å². The van der Waals surface area contributed by atoms with Gasteiger partial charge in [-0.05, 0) is 42.7 Å². The number of aromatic nitrogens is 2. The highest BCUT2D eigenvalue weighted by Crippen LogP contribution is 2.42. The summed E-state index contributed by atoms with van der Waals surface area (Å²) >= 11 is 0. The molecule has 0 saturated heterocycles. The lowest BCUT2D eigenvalue weighted by molar-refractivity contribution is -0.168. The molecule has 8 heteroatoms. The molecule has 2 aromatic heterocycles. The summed E-state index contributed by atoms with van der Waals surface area (Å²) in [6.45, 7) is 6.36. The SMILES string of the molecule is CCCBO[C@]1(CC)C(=O)OCc2c1cc1n(c2=O)Cc2c-1nc1ccc(O)cc1c2CC. The number of phenols is 1. The first-order chi connectivity index (χ1) is 15.9. The van der Waals surface area contributed by atoms with Gasteiger partial charge >= 0.3 is 5.97 Å². The Hall–Kier alpha value is -3.13. The van der Waals surface area contributed by atoms with Crippen molar-refractivity contribution in [3.63, 3.8) is 0 Å². The number of pyridine rings is 2. The molecular weight excluding hydrogens is 419 g/mol. The number of fused-ring (bicyclic) bond motifs is 5. The van der Waals surface area contributed by atoms with Crippen LogP contribution in [-0.4, -0.2) is 28.1 Å². The lowest BCUT2D eigenvalue weighted by Crippen LogP contribution is -2.47. The van der Waals surface area contributed by atoms with Gasteiger partial charge in [0.1, 0.15) is 12.4 Å². The van der Waals surface area contributed by atoms with Gasteiger partial charge in [0.25, 0.3) is 13.0 Å². The molecule has 0 fully saturated rings. The van der Waals surface area contributed by atoms with Crippen LogP contribution in [-0.2, 0) is 39.4 Å². The molecule has 33 heavy (non-hydrogen) atoms. The van der Waals surface area contributed by atoms with Crippen molar-refractivity contribution in [1.29, 1.82) is 0 Å². The van der Waals surface area contributed by atoms with Gasteiger partial charge in [0.2, 0.25) is 0 Å². The average molecular weight is 446 g/mol. The summed E-state index contributed by atoms with van der Waals surface area (Å²) in [4.78, 5) is 31.5. The molecular formula is C25H27BN2O5. The number of hydrogen-bond acceptors (Lipinski definition) is 6. The largest absolute Gasteiger partial charge is 0.508 e. The first-order valence-corrected chi connectivity index (χ1v) is 11.7. The Morgan fingerprint density at radius 2 is 2.03 bits per heavy atom. The molecule has 170 valence electrons. The van der Waals surface area contributed by atoms with E-state index in [2.05, 4.69) is 13.8 Å². The van der Waals surface area contributed by atoms with E-state index in [1.54, 1.807) is 22.8 Å². The first kappa shape index (κ1) is 21.7. The number of carbonyl (C=O) groups is 1. The second-order valence-corrected chi connectivity index (χ2v) is 8.74. The Balaban J connectivity index is 1.75. The van der Waals surface area contributed by atoms with Gasteiger partial charge in [0, 0.05) is 16.5 Å². The van der Waals surface area contributed by atoms with Gasteiger partial charge in [-0.2, -0.15) is 0 Å². The normalized spacial score (nSPS) is 18.6. The van der Waals surface area contributed by atoms with Crippen LogP contribution in [0.3, 0.4) is 0 Å². The van der Waals surface area contributed by atoms with Crippen LogP contribution in [0.4, 0.5) is 0 Å². The van der Waals surface area contributed by atoms with Crippen LogP contribution in [0.15, 0.2) is 29.1 Å². The Morgan fingerprint density at radius 1 is 1.21 bits per heavy atom. The minimum Gasteiger partial charge on any atom is -0.508 e. The zero-order valence-electron chi connectivity index (χ0n) is 19.2. The standard InChI is InChI=1S/C25H27BN2O5/c1-4-9-26-33-25(6-3)19-11-21-22-17(12-28(21)23(30)18(19)13-32-24(25)31)15(5-2)16-10-14(29)7-8-20(16)27-22/h7-8,10-11,26,29H,4-6,9,12-13H2,1-3H3/t25-/m0/s1. The van der Waals surface area contributed by atoms with Crippen molar-refractivity contribution in [3.8, 4) is 17.1 Å². The Morgan fingerprint density at radius 3 is 2.76 bits per heavy atom. The third kappa shape index (κ3) is 3.11. The Labute approximate surface area is 192 Å². The Kier molecular flexibility index (Phi) is 5.28. The number of carbonyl (C=O) groups excluding carboxylic acids is 1. The highest BCUT2D eigenvalue weighted by atomic mass is 16.6. The van der Waals surface area contributed by atoms with E-state index in [4.69, 9.17) is 14.4 Å². The summed E-state index contributed by atoms with van der Waals surface area (Å²) in [6.07, 6.45) is 2.88. The van der Waals surface area contributed by atoms with Crippen LogP contribution in [0.1, 0.15) is 55.9 Å². The lowest BCUT2D eigenvalue weighted by atomic mass is 9.82. The van der Waals surface area contributed by atoms with Crippen molar-refractivity contribution in [2.24, 2.45) is 0 Å². The lowest BCUT2D eigenvalue weighted by Gasteiger charge is -2.36. The summed E-state index contributed by atoms with van der Waals surface area (Å²) in [6, 6.07) is 7.06. The van der Waals surface area contributed by atoms with Crippen LogP contribution >= 0.6 is 0 Å². The van der Waals surface area contributed by atoms with E-state index >= 15 is 0 Å². The first-order valence-electron chi connectivity index (χ1n) is 11.7. The second kappa shape index (κ2) is 8.03. The fourth-order valence-electron chi connectivity index (χ4n) is 5.17. The molecule has 7 nitrogen and oxygen atoms in total. The number of aryl methyl sites for hydroxylation is 1. The number of cyclic esters (lactones) is 1. The van der Waals surface area contributed by atoms with Gasteiger partial charge in [-0.3, -0.25) is 4.79 Å². The molecule has 0 amide bonds. The number of hydrogen-bond donors (Lipinski definition) is 1. The predicted molar refractivity (Wildman–Crippen MR) is 127 cm³/mol. The number of aromatic hydroxyl groups is 1. The van der Waals surface area contributed by atoms with E-state index in [0.29, 0.717) is 37.3 Å². The molecule has 0 unspecified atom stereocenters. The molecule has 2 aliphatic rings. The molecule has 5 rings (SSSR count). The monoisotopic (exact) mass is 446 g/mol. The fraction of sp³-hybridized carbons (Fsp3) is 0.400. The van der Waals surface area contributed by atoms with Crippen molar-refractivity contribution >= 4 is 24.4 Å². The number of nitrogens with zero attached hydrogens (tertiary/aromatic N) is 2. The number of rotatable bonds is 6. The molecule has 4 heterocycles.